The van der Waals surface area contributed by atoms with E-state index in [-0.39, 0.29) is 5.91 Å². The number of nitrogens with one attached hydrogen (secondary N) is 1. The molecule has 9 heteroatoms. The molecule has 4 aromatic heterocycles. The summed E-state index contributed by atoms with van der Waals surface area (Å²) >= 11 is 0. The molecule has 0 unspecified atom stereocenters. The van der Waals surface area contributed by atoms with Crippen molar-refractivity contribution in [3.63, 3.8) is 0 Å². The average molecular weight is 839 g/mol. The lowest BCUT2D eigenvalue weighted by molar-refractivity contribution is -0.125. The van der Waals surface area contributed by atoms with Crippen LogP contribution < -0.4 is 19.7 Å². The van der Waals surface area contributed by atoms with Gasteiger partial charge in [-0.2, -0.15) is 0 Å². The summed E-state index contributed by atoms with van der Waals surface area (Å²) in [5, 5.41) is 5.54. The Hall–Kier alpha value is -5.31. The maximum atomic E-state index is 12.8. The van der Waals surface area contributed by atoms with Crippen LogP contribution in [-0.4, -0.2) is 52.3 Å². The van der Waals surface area contributed by atoms with Crippen molar-refractivity contribution < 1.29 is 14.3 Å². The molecule has 2 fully saturated rings. The fourth-order valence-electron chi connectivity index (χ4n) is 9.44. The number of aromatic nitrogens is 4. The first-order chi connectivity index (χ1) is 30.0. The van der Waals surface area contributed by atoms with Crippen LogP contribution >= 0.6 is 0 Å². The summed E-state index contributed by atoms with van der Waals surface area (Å²) < 4.78 is 16.1. The lowest BCUT2D eigenvalue weighted by Gasteiger charge is -2.26. The van der Waals surface area contributed by atoms with E-state index in [9.17, 15) is 4.79 Å². The summed E-state index contributed by atoms with van der Waals surface area (Å²) in [7, 11) is 3.79. The van der Waals surface area contributed by atoms with Crippen molar-refractivity contribution in [2.24, 2.45) is 17.3 Å². The number of benzene rings is 2. The van der Waals surface area contributed by atoms with Gasteiger partial charge in [-0.15, -0.1) is 0 Å². The van der Waals surface area contributed by atoms with Crippen LogP contribution in [0.1, 0.15) is 121 Å². The Labute approximate surface area is 370 Å². The third-order valence-corrected chi connectivity index (χ3v) is 12.8. The van der Waals surface area contributed by atoms with Crippen LogP contribution in [0.15, 0.2) is 85.2 Å². The van der Waals surface area contributed by atoms with Crippen molar-refractivity contribution in [2.75, 3.05) is 37.5 Å². The summed E-state index contributed by atoms with van der Waals surface area (Å²) in [4.78, 5) is 24.2. The van der Waals surface area contributed by atoms with Gasteiger partial charge in [0.15, 0.2) is 0 Å². The quantitative estimate of drug-likeness (QED) is 0.118. The van der Waals surface area contributed by atoms with Gasteiger partial charge in [-0.1, -0.05) is 83.6 Å². The molecule has 0 aliphatic heterocycles. The Morgan fingerprint density at radius 3 is 1.56 bits per heavy atom. The zero-order valence-corrected chi connectivity index (χ0v) is 38.5. The van der Waals surface area contributed by atoms with Crippen LogP contribution in [0.2, 0.25) is 0 Å². The number of hydrogen-bond donors (Lipinski definition) is 1. The number of carbonyl (C=O) groups is 1. The minimum atomic E-state index is -0.435. The van der Waals surface area contributed by atoms with Crippen molar-refractivity contribution in [3.05, 3.63) is 108 Å². The van der Waals surface area contributed by atoms with Gasteiger partial charge in [-0.25, -0.2) is 9.97 Å². The normalized spacial score (nSPS) is 15.0. The van der Waals surface area contributed by atoms with Crippen molar-refractivity contribution in [3.8, 4) is 11.5 Å². The summed E-state index contributed by atoms with van der Waals surface area (Å²) in [6.07, 6.45) is 19.0. The number of pyridine rings is 2. The smallest absolute Gasteiger partial charge is 0.232 e. The number of rotatable bonds is 14. The fraction of sp³-hybridized carbons (Fsp3) is 0.491. The molecule has 0 radical (unpaired) electrons. The number of anilines is 2. The zero-order valence-electron chi connectivity index (χ0n) is 38.5. The third kappa shape index (κ3) is 11.2. The molecule has 9 nitrogen and oxygen atoms in total. The van der Waals surface area contributed by atoms with Crippen LogP contribution in [0.3, 0.4) is 0 Å². The van der Waals surface area contributed by atoms with E-state index < -0.39 is 5.41 Å². The first-order valence-electron chi connectivity index (χ1n) is 23.4. The summed E-state index contributed by atoms with van der Waals surface area (Å²) in [6.45, 7) is 13.4. The van der Waals surface area contributed by atoms with Crippen molar-refractivity contribution in [1.82, 2.24) is 19.1 Å². The van der Waals surface area contributed by atoms with Crippen LogP contribution in [-0.2, 0) is 30.7 Å². The van der Waals surface area contributed by atoms with Crippen molar-refractivity contribution >= 4 is 39.3 Å². The largest absolute Gasteiger partial charge is 0.494 e. The minimum absolute atomic E-state index is 0.0879. The van der Waals surface area contributed by atoms with Gasteiger partial charge in [0.2, 0.25) is 5.91 Å². The molecular formula is C53H70N6O3. The second-order valence-corrected chi connectivity index (χ2v) is 18.6. The number of nitrogens with zero attached hydrogens (tertiary/aromatic N) is 5. The van der Waals surface area contributed by atoms with Crippen molar-refractivity contribution in [2.45, 2.75) is 125 Å². The lowest BCUT2D eigenvalue weighted by Crippen LogP contribution is -2.36. The number of carbonyl (C=O) groups excluding carboxylic acids is 1. The Balaban J connectivity index is 0.000000190. The predicted molar refractivity (Wildman–Crippen MR) is 256 cm³/mol. The first-order valence-corrected chi connectivity index (χ1v) is 23.4. The molecule has 2 saturated carbocycles. The molecule has 8 rings (SSSR count). The van der Waals surface area contributed by atoms with E-state index in [1.165, 1.54) is 92.1 Å². The van der Waals surface area contributed by atoms with E-state index in [4.69, 9.17) is 19.4 Å². The first kappa shape index (κ1) is 44.7. The third-order valence-electron chi connectivity index (χ3n) is 12.8. The monoisotopic (exact) mass is 839 g/mol. The number of ether oxygens (including phenoxy) is 2. The second-order valence-electron chi connectivity index (χ2n) is 18.6. The summed E-state index contributed by atoms with van der Waals surface area (Å²) in [5.41, 5.74) is 8.81. The van der Waals surface area contributed by atoms with Gasteiger partial charge in [0.25, 0.3) is 0 Å². The molecule has 0 bridgehead atoms. The molecule has 6 aromatic rings. The van der Waals surface area contributed by atoms with Crippen LogP contribution in [0.25, 0.3) is 22.1 Å². The molecule has 2 aliphatic carbocycles. The van der Waals surface area contributed by atoms with Gasteiger partial charge in [-0.3, -0.25) is 4.79 Å². The molecular weight excluding hydrogens is 769 g/mol. The second kappa shape index (κ2) is 20.7. The van der Waals surface area contributed by atoms with E-state index >= 15 is 0 Å². The number of fused-ring (bicyclic) bond motifs is 2. The topological polar surface area (TPSA) is 86.4 Å². The molecule has 2 aliphatic rings. The molecule has 0 spiro atoms. The molecule has 0 saturated heterocycles. The summed E-state index contributed by atoms with van der Waals surface area (Å²) in [5.74, 6) is 3.41. The fourth-order valence-corrected chi connectivity index (χ4v) is 9.44. The zero-order chi connectivity index (χ0) is 43.6. The molecule has 1 N–H and O–H groups in total. The summed E-state index contributed by atoms with van der Waals surface area (Å²) in [6, 6.07) is 25.8. The SMILES string of the molecule is CCOc1ccc(Cc2cc3cc(N(C)C(=O)C(C)(C)C)cnc3n2CC2CCCCC2)cc1.CCOc1ccc(Cc2cc3cc(NC)cnc3n2CC2CCCCC2)cc1. The van der Waals surface area contributed by atoms with Crippen LogP contribution in [0, 0.1) is 17.3 Å². The van der Waals surface area contributed by atoms with E-state index in [0.29, 0.717) is 19.1 Å². The lowest BCUT2D eigenvalue weighted by atomic mass is 9.89. The molecule has 4 heterocycles. The van der Waals surface area contributed by atoms with E-state index in [1.54, 1.807) is 4.90 Å². The average Bonchev–Trinajstić information content (AvgIpc) is 3.80. The molecule has 330 valence electrons. The van der Waals surface area contributed by atoms with Crippen molar-refractivity contribution in [1.29, 1.82) is 0 Å². The molecule has 62 heavy (non-hydrogen) atoms. The van der Waals surface area contributed by atoms with Crippen LogP contribution in [0.4, 0.5) is 11.4 Å². The highest BCUT2D eigenvalue weighted by Gasteiger charge is 2.27. The van der Waals surface area contributed by atoms with Gasteiger partial charge < -0.3 is 28.8 Å². The van der Waals surface area contributed by atoms with Gasteiger partial charge in [-0.05, 0) is 111 Å². The Kier molecular flexibility index (Phi) is 14.9. The minimum Gasteiger partial charge on any atom is -0.494 e. The highest BCUT2D eigenvalue weighted by molar-refractivity contribution is 5.97. The van der Waals surface area contributed by atoms with Gasteiger partial charge >= 0.3 is 0 Å². The van der Waals surface area contributed by atoms with Gasteiger partial charge in [0.05, 0.1) is 37.0 Å². The van der Waals surface area contributed by atoms with Gasteiger partial charge in [0.1, 0.15) is 22.8 Å². The molecule has 1 amide bonds. The van der Waals surface area contributed by atoms with E-state index in [1.807, 2.05) is 61.1 Å². The number of hydrogen-bond acceptors (Lipinski definition) is 6. The molecule has 2 aromatic carbocycles. The standard InChI is InChI=1S/C29H39N3O2.C24H31N3O/c1-6-34-26-14-12-21(13-15-26)16-24-17-23-18-25(31(5)28(33)29(2,3)4)19-30-27(23)32(24)20-22-10-8-7-9-11-22;1-3-28-23-11-9-18(10-12-23)13-22-15-20-14-21(25-2)16-26-24(20)27(22)17-19-7-5-4-6-8-19/h12-15,17-19,22H,6-11,16,20H2,1-5H3;9-12,14-16,19,25H,3-8,13,17H2,1-2H3. The maximum Gasteiger partial charge on any atom is 0.232 e. The Bertz CT molecular complexity index is 2360. The van der Waals surface area contributed by atoms with Crippen LogP contribution in [0.5, 0.6) is 11.5 Å². The Morgan fingerprint density at radius 2 is 1.13 bits per heavy atom. The maximum absolute atomic E-state index is 12.8. The highest BCUT2D eigenvalue weighted by atomic mass is 16.5. The Morgan fingerprint density at radius 1 is 0.677 bits per heavy atom. The van der Waals surface area contributed by atoms with E-state index in [0.717, 1.165) is 71.4 Å². The molecule has 0 atom stereocenters. The van der Waals surface area contributed by atoms with Gasteiger partial charge in [0, 0.05) is 67.6 Å². The highest BCUT2D eigenvalue weighted by Crippen LogP contribution is 2.33. The van der Waals surface area contributed by atoms with E-state index in [2.05, 4.69) is 87.2 Å². The number of amides is 1. The predicted octanol–water partition coefficient (Wildman–Crippen LogP) is 12.3.